The first-order valence-electron chi connectivity index (χ1n) is 7.40. The van der Waals surface area contributed by atoms with Gasteiger partial charge >= 0.3 is 0 Å². The molecule has 22 heavy (non-hydrogen) atoms. The lowest BCUT2D eigenvalue weighted by molar-refractivity contribution is -0.114. The molecule has 2 rings (SSSR count). The van der Waals surface area contributed by atoms with Crippen molar-refractivity contribution in [2.45, 2.75) is 26.9 Å². The van der Waals surface area contributed by atoms with Crippen LogP contribution in [0.15, 0.2) is 48.5 Å². The number of amides is 1. The molecule has 0 radical (unpaired) electrons. The molecular weight excluding hydrogens is 276 g/mol. The predicted molar refractivity (Wildman–Crippen MR) is 90.5 cm³/mol. The minimum absolute atomic E-state index is 0.0951. The van der Waals surface area contributed by atoms with Gasteiger partial charge in [0, 0.05) is 17.4 Å². The highest BCUT2D eigenvalue weighted by molar-refractivity contribution is 5.93. The fraction of sp³-hybridized carbons (Fsp3) is 0.278. The third-order valence-corrected chi connectivity index (χ3v) is 2.99. The van der Waals surface area contributed by atoms with E-state index in [1.807, 2.05) is 69.3 Å². The monoisotopic (exact) mass is 298 g/mol. The molecule has 1 amide bonds. The van der Waals surface area contributed by atoms with Crippen molar-refractivity contribution in [3.8, 4) is 5.75 Å². The number of hydrogen-bond donors (Lipinski definition) is 2. The van der Waals surface area contributed by atoms with E-state index in [2.05, 4.69) is 10.6 Å². The molecular formula is C18H22N2O2. The summed E-state index contributed by atoms with van der Waals surface area (Å²) in [5, 5.41) is 5.95. The topological polar surface area (TPSA) is 50.4 Å². The van der Waals surface area contributed by atoms with Gasteiger partial charge in [0.1, 0.15) is 5.75 Å². The molecule has 4 nitrogen and oxygen atoms in total. The second kappa shape index (κ2) is 7.50. The van der Waals surface area contributed by atoms with Gasteiger partial charge in [-0.1, -0.05) is 23.8 Å². The van der Waals surface area contributed by atoms with E-state index < -0.39 is 0 Å². The Kier molecular flexibility index (Phi) is 5.42. The van der Waals surface area contributed by atoms with Crippen molar-refractivity contribution in [3.63, 3.8) is 0 Å². The van der Waals surface area contributed by atoms with Crippen molar-refractivity contribution in [2.24, 2.45) is 0 Å². The summed E-state index contributed by atoms with van der Waals surface area (Å²) in [7, 11) is 0. The first kappa shape index (κ1) is 15.9. The summed E-state index contributed by atoms with van der Waals surface area (Å²) in [6.07, 6.45) is 0.106. The smallest absolute Gasteiger partial charge is 0.243 e. The fourth-order valence-electron chi connectivity index (χ4n) is 1.98. The summed E-state index contributed by atoms with van der Waals surface area (Å²) in [6, 6.07) is 15.3. The van der Waals surface area contributed by atoms with E-state index in [0.717, 1.165) is 17.1 Å². The maximum atomic E-state index is 12.0. The molecule has 0 aromatic heterocycles. The van der Waals surface area contributed by atoms with Gasteiger partial charge in [0.05, 0.1) is 12.6 Å². The molecule has 0 saturated carbocycles. The van der Waals surface area contributed by atoms with E-state index in [9.17, 15) is 4.79 Å². The molecule has 0 atom stereocenters. The van der Waals surface area contributed by atoms with E-state index in [0.29, 0.717) is 0 Å². The molecule has 2 N–H and O–H groups in total. The van der Waals surface area contributed by atoms with Crippen LogP contribution in [-0.2, 0) is 4.79 Å². The molecule has 2 aromatic carbocycles. The molecule has 116 valence electrons. The maximum absolute atomic E-state index is 12.0. The molecule has 0 aliphatic carbocycles. The lowest BCUT2D eigenvalue weighted by atomic mass is 10.2. The number of hydrogen-bond acceptors (Lipinski definition) is 3. The summed E-state index contributed by atoms with van der Waals surface area (Å²) in [4.78, 5) is 12.0. The van der Waals surface area contributed by atoms with Crippen LogP contribution in [0.5, 0.6) is 5.75 Å². The van der Waals surface area contributed by atoms with Crippen LogP contribution in [0, 0.1) is 6.92 Å². The largest absolute Gasteiger partial charge is 0.491 e. The molecule has 0 spiro atoms. The number of carbonyl (C=O) groups excluding carboxylic acids is 1. The van der Waals surface area contributed by atoms with E-state index in [-0.39, 0.29) is 18.6 Å². The molecule has 0 aliphatic rings. The summed E-state index contributed by atoms with van der Waals surface area (Å²) in [6.45, 7) is 6.19. The van der Waals surface area contributed by atoms with Crippen LogP contribution in [0.25, 0.3) is 0 Å². The summed E-state index contributed by atoms with van der Waals surface area (Å²) in [5.41, 5.74) is 2.85. The Morgan fingerprint density at radius 3 is 2.50 bits per heavy atom. The first-order valence-corrected chi connectivity index (χ1v) is 7.40. The number of aryl methyl sites for hydroxylation is 1. The van der Waals surface area contributed by atoms with Gasteiger partial charge in [-0.15, -0.1) is 0 Å². The molecule has 0 fully saturated rings. The van der Waals surface area contributed by atoms with Gasteiger partial charge < -0.3 is 15.4 Å². The highest BCUT2D eigenvalue weighted by Gasteiger charge is 2.04. The third kappa shape index (κ3) is 5.13. The molecule has 0 heterocycles. The van der Waals surface area contributed by atoms with Crippen molar-refractivity contribution in [3.05, 3.63) is 54.1 Å². The van der Waals surface area contributed by atoms with Crippen LogP contribution in [-0.4, -0.2) is 18.6 Å². The van der Waals surface area contributed by atoms with Crippen molar-refractivity contribution in [1.82, 2.24) is 0 Å². The average molecular weight is 298 g/mol. The minimum atomic E-state index is -0.0951. The number of ether oxygens (including phenoxy) is 1. The zero-order chi connectivity index (χ0) is 15.9. The minimum Gasteiger partial charge on any atom is -0.491 e. The van der Waals surface area contributed by atoms with Gasteiger partial charge in [0.15, 0.2) is 0 Å². The van der Waals surface area contributed by atoms with E-state index in [1.54, 1.807) is 0 Å². The van der Waals surface area contributed by atoms with Gasteiger partial charge in [-0.05, 0) is 45.0 Å². The summed E-state index contributed by atoms with van der Waals surface area (Å²) < 4.78 is 5.61. The number of rotatable bonds is 6. The number of anilines is 2. The SMILES string of the molecule is Cc1ccc(NCC(=O)Nc2cccc(OC(C)C)c2)cc1. The number of nitrogens with one attached hydrogen (secondary N) is 2. The van der Waals surface area contributed by atoms with E-state index in [4.69, 9.17) is 4.74 Å². The summed E-state index contributed by atoms with van der Waals surface area (Å²) in [5.74, 6) is 0.654. The third-order valence-electron chi connectivity index (χ3n) is 2.99. The second-order valence-electron chi connectivity index (χ2n) is 5.46. The Morgan fingerprint density at radius 2 is 1.82 bits per heavy atom. The van der Waals surface area contributed by atoms with Gasteiger partial charge in [0.25, 0.3) is 0 Å². The van der Waals surface area contributed by atoms with Gasteiger partial charge in [-0.2, -0.15) is 0 Å². The Balaban J connectivity index is 1.87. The lowest BCUT2D eigenvalue weighted by Gasteiger charge is -2.12. The van der Waals surface area contributed by atoms with Crippen LogP contribution < -0.4 is 15.4 Å². The molecule has 0 saturated heterocycles. The van der Waals surface area contributed by atoms with Crippen LogP contribution in [0.1, 0.15) is 19.4 Å². The Morgan fingerprint density at radius 1 is 1.09 bits per heavy atom. The predicted octanol–water partition coefficient (Wildman–Crippen LogP) is 3.83. The zero-order valence-corrected chi connectivity index (χ0v) is 13.2. The second-order valence-corrected chi connectivity index (χ2v) is 5.46. The van der Waals surface area contributed by atoms with Gasteiger partial charge in [-0.3, -0.25) is 4.79 Å². The van der Waals surface area contributed by atoms with Crippen molar-refractivity contribution >= 4 is 17.3 Å². The lowest BCUT2D eigenvalue weighted by Crippen LogP contribution is -2.21. The standard InChI is InChI=1S/C18H22N2O2/c1-13(2)22-17-6-4-5-16(11-17)20-18(21)12-19-15-9-7-14(3)8-10-15/h4-11,13,19H,12H2,1-3H3,(H,20,21). The van der Waals surface area contributed by atoms with Crippen molar-refractivity contribution in [2.75, 3.05) is 17.2 Å². The van der Waals surface area contributed by atoms with Crippen LogP contribution in [0.3, 0.4) is 0 Å². The maximum Gasteiger partial charge on any atom is 0.243 e. The van der Waals surface area contributed by atoms with E-state index in [1.165, 1.54) is 5.56 Å². The molecule has 0 aliphatic heterocycles. The van der Waals surface area contributed by atoms with Crippen LogP contribution in [0.2, 0.25) is 0 Å². The summed E-state index contributed by atoms with van der Waals surface area (Å²) >= 11 is 0. The highest BCUT2D eigenvalue weighted by Crippen LogP contribution is 2.18. The average Bonchev–Trinajstić information content (AvgIpc) is 2.46. The molecule has 0 unspecified atom stereocenters. The van der Waals surface area contributed by atoms with Crippen LogP contribution >= 0.6 is 0 Å². The highest BCUT2D eigenvalue weighted by atomic mass is 16.5. The van der Waals surface area contributed by atoms with Gasteiger partial charge in [-0.25, -0.2) is 0 Å². The molecule has 4 heteroatoms. The molecule has 2 aromatic rings. The zero-order valence-electron chi connectivity index (χ0n) is 13.2. The number of carbonyl (C=O) groups is 1. The van der Waals surface area contributed by atoms with Crippen LogP contribution in [0.4, 0.5) is 11.4 Å². The Hall–Kier alpha value is -2.49. The first-order chi connectivity index (χ1) is 10.5. The quantitative estimate of drug-likeness (QED) is 0.852. The number of benzene rings is 2. The Labute approximate surface area is 131 Å². The normalized spacial score (nSPS) is 10.4. The fourth-order valence-corrected chi connectivity index (χ4v) is 1.98. The van der Waals surface area contributed by atoms with Gasteiger partial charge in [0.2, 0.25) is 5.91 Å². The Bertz CT molecular complexity index is 621. The van der Waals surface area contributed by atoms with Crippen molar-refractivity contribution < 1.29 is 9.53 Å². The molecule has 0 bridgehead atoms. The van der Waals surface area contributed by atoms with Crippen molar-refractivity contribution in [1.29, 1.82) is 0 Å². The van der Waals surface area contributed by atoms with E-state index >= 15 is 0 Å².